The lowest BCUT2D eigenvalue weighted by molar-refractivity contribution is -0.143. The van der Waals surface area contributed by atoms with E-state index in [1.807, 2.05) is 10.2 Å². The van der Waals surface area contributed by atoms with Crippen molar-refractivity contribution in [2.75, 3.05) is 7.11 Å². The lowest BCUT2D eigenvalue weighted by atomic mass is 10.1. The van der Waals surface area contributed by atoms with Gasteiger partial charge >= 0.3 is 5.97 Å². The number of rotatable bonds is 10. The molecule has 0 rings (SSSR count). The maximum atomic E-state index is 11.2. The summed E-state index contributed by atoms with van der Waals surface area (Å²) in [6.07, 6.45) is 1.56. The van der Waals surface area contributed by atoms with Crippen molar-refractivity contribution < 1.29 is 19.1 Å². The Kier molecular flexibility index (Phi) is 10.8. The minimum absolute atomic E-state index is 0.0182. The van der Waals surface area contributed by atoms with E-state index in [0.717, 1.165) is 18.1 Å². The molecule has 6 heteroatoms. The van der Waals surface area contributed by atoms with E-state index in [1.165, 1.54) is 7.11 Å². The number of carbonyl (C=O) groups is 1. The Morgan fingerprint density at radius 1 is 1.30 bits per heavy atom. The van der Waals surface area contributed by atoms with Gasteiger partial charge in [0.05, 0.1) is 25.7 Å². The molecular weight excluding hydrogens is 387 g/mol. The fourth-order valence-corrected chi connectivity index (χ4v) is 5.48. The van der Waals surface area contributed by atoms with Gasteiger partial charge in [0.1, 0.15) is 0 Å². The molecule has 118 valence electrons. The van der Waals surface area contributed by atoms with E-state index in [1.54, 1.807) is 0 Å². The summed E-state index contributed by atoms with van der Waals surface area (Å²) in [5.41, 5.74) is 0. The second kappa shape index (κ2) is 10.8. The van der Waals surface area contributed by atoms with Crippen LogP contribution >= 0.6 is 22.6 Å². The van der Waals surface area contributed by atoms with Crippen LogP contribution in [0.4, 0.5) is 0 Å². The minimum atomic E-state index is -1.71. The van der Waals surface area contributed by atoms with E-state index < -0.39 is 14.4 Å². The highest BCUT2D eigenvalue weighted by atomic mass is 127. The first-order chi connectivity index (χ1) is 9.46. The van der Waals surface area contributed by atoms with Gasteiger partial charge in [-0.15, -0.1) is 0 Å². The third-order valence-corrected chi connectivity index (χ3v) is 8.84. The topological polar surface area (TPSA) is 55.8 Å². The molecule has 0 aromatic rings. The van der Waals surface area contributed by atoms with Crippen molar-refractivity contribution in [2.24, 2.45) is 0 Å². The van der Waals surface area contributed by atoms with Crippen molar-refractivity contribution in [1.82, 2.24) is 0 Å². The van der Waals surface area contributed by atoms with E-state index >= 15 is 0 Å². The van der Waals surface area contributed by atoms with E-state index in [2.05, 4.69) is 48.1 Å². The highest BCUT2D eigenvalue weighted by Gasteiger charge is 2.32. The highest BCUT2D eigenvalue weighted by Crippen LogP contribution is 2.25. The van der Waals surface area contributed by atoms with Gasteiger partial charge in [-0.05, 0) is 22.2 Å². The standard InChI is InChI=1S/C14H27IO4Si/c1-5-20(6-2,7-3)19-13(8-9-15)10-12(16)11-14(17)18-4/h8-9,12-13,16H,5-7,10-11H2,1-4H3/b9-8+/t12-,13-/m0/s1. The lowest BCUT2D eigenvalue weighted by Gasteiger charge is -2.32. The molecule has 0 unspecified atom stereocenters. The number of aliphatic hydroxyl groups is 1. The zero-order valence-electron chi connectivity index (χ0n) is 12.9. The Hall–Kier alpha value is 0.0769. The molecule has 0 fully saturated rings. The van der Waals surface area contributed by atoms with Crippen LogP contribution in [0, 0.1) is 0 Å². The molecule has 0 heterocycles. The number of carbonyl (C=O) groups excluding carboxylic acids is 1. The summed E-state index contributed by atoms with van der Waals surface area (Å²) in [7, 11) is -0.384. The van der Waals surface area contributed by atoms with Crippen molar-refractivity contribution >= 4 is 36.9 Å². The Balaban J connectivity index is 4.68. The number of aliphatic hydroxyl groups excluding tert-OH is 1. The van der Waals surface area contributed by atoms with Crippen LogP contribution in [0.2, 0.25) is 18.1 Å². The van der Waals surface area contributed by atoms with E-state index in [9.17, 15) is 9.90 Å². The fraction of sp³-hybridized carbons (Fsp3) is 0.786. The molecule has 4 nitrogen and oxygen atoms in total. The Bertz CT molecular complexity index is 297. The van der Waals surface area contributed by atoms with Crippen LogP contribution in [-0.4, -0.2) is 38.7 Å². The molecule has 0 aliphatic heterocycles. The predicted molar refractivity (Wildman–Crippen MR) is 92.5 cm³/mol. The molecule has 0 saturated carbocycles. The molecule has 0 aliphatic carbocycles. The van der Waals surface area contributed by atoms with Crippen LogP contribution in [-0.2, 0) is 14.0 Å². The summed E-state index contributed by atoms with van der Waals surface area (Å²) in [5, 5.41) is 9.96. The van der Waals surface area contributed by atoms with Crippen molar-refractivity contribution in [3.8, 4) is 0 Å². The first kappa shape index (κ1) is 20.1. The van der Waals surface area contributed by atoms with Gasteiger partial charge in [-0.25, -0.2) is 0 Å². The Morgan fingerprint density at radius 2 is 1.85 bits per heavy atom. The molecule has 1 N–H and O–H groups in total. The summed E-state index contributed by atoms with van der Waals surface area (Å²) in [6.45, 7) is 6.53. The first-order valence-corrected chi connectivity index (χ1v) is 10.9. The quantitative estimate of drug-likeness (QED) is 0.337. The van der Waals surface area contributed by atoms with Crippen molar-refractivity contribution in [3.05, 3.63) is 10.2 Å². The Morgan fingerprint density at radius 3 is 2.25 bits per heavy atom. The molecule has 0 saturated heterocycles. The largest absolute Gasteiger partial charge is 0.469 e. The van der Waals surface area contributed by atoms with E-state index in [4.69, 9.17) is 4.43 Å². The van der Waals surface area contributed by atoms with Crippen LogP contribution < -0.4 is 0 Å². The highest BCUT2D eigenvalue weighted by molar-refractivity contribution is 14.1. The number of ether oxygens (including phenoxy) is 1. The maximum Gasteiger partial charge on any atom is 0.308 e. The Labute approximate surface area is 137 Å². The van der Waals surface area contributed by atoms with Gasteiger partial charge < -0.3 is 14.3 Å². The maximum absolute atomic E-state index is 11.2. The third kappa shape index (κ3) is 7.19. The van der Waals surface area contributed by atoms with Crippen molar-refractivity contribution in [2.45, 2.75) is 64.0 Å². The molecule has 0 aliphatic rings. The zero-order valence-corrected chi connectivity index (χ0v) is 16.1. The minimum Gasteiger partial charge on any atom is -0.469 e. The SMILES string of the molecule is CC[Si](CC)(CC)O[C@@H](/C=C/I)C[C@H](O)CC(=O)OC. The molecule has 0 radical (unpaired) electrons. The van der Waals surface area contributed by atoms with Gasteiger partial charge in [-0.1, -0.05) is 49.4 Å². The third-order valence-electron chi connectivity index (χ3n) is 3.76. The van der Waals surface area contributed by atoms with Gasteiger partial charge in [-0.3, -0.25) is 4.79 Å². The lowest BCUT2D eigenvalue weighted by Crippen LogP contribution is -2.40. The van der Waals surface area contributed by atoms with Crippen LogP contribution in [0.15, 0.2) is 10.2 Å². The molecule has 0 aromatic carbocycles. The molecule has 20 heavy (non-hydrogen) atoms. The van der Waals surface area contributed by atoms with Gasteiger partial charge in [0, 0.05) is 6.42 Å². The normalized spacial score (nSPS) is 15.3. The zero-order chi connectivity index (χ0) is 15.6. The van der Waals surface area contributed by atoms with Gasteiger partial charge in [0.15, 0.2) is 8.32 Å². The van der Waals surface area contributed by atoms with E-state index in [0.29, 0.717) is 6.42 Å². The van der Waals surface area contributed by atoms with Crippen LogP contribution in [0.1, 0.15) is 33.6 Å². The number of esters is 1. The summed E-state index contributed by atoms with van der Waals surface area (Å²) < 4.78 is 12.8. The second-order valence-corrected chi connectivity index (χ2v) is 10.3. The number of hydrogen-bond acceptors (Lipinski definition) is 4. The fourth-order valence-electron chi connectivity index (χ4n) is 2.20. The number of methoxy groups -OCH3 is 1. The second-order valence-electron chi connectivity index (χ2n) is 4.89. The van der Waals surface area contributed by atoms with Crippen molar-refractivity contribution in [1.29, 1.82) is 0 Å². The number of hydrogen-bond donors (Lipinski definition) is 1. The van der Waals surface area contributed by atoms with E-state index in [-0.39, 0.29) is 18.5 Å². The predicted octanol–water partition coefficient (Wildman–Crippen LogP) is 3.64. The average Bonchev–Trinajstić information content (AvgIpc) is 2.44. The van der Waals surface area contributed by atoms with Crippen LogP contribution in [0.25, 0.3) is 0 Å². The molecule has 0 bridgehead atoms. The van der Waals surface area contributed by atoms with Gasteiger partial charge in [-0.2, -0.15) is 0 Å². The number of halogens is 1. The van der Waals surface area contributed by atoms with Gasteiger partial charge in [0.2, 0.25) is 0 Å². The first-order valence-electron chi connectivity index (χ1n) is 7.16. The van der Waals surface area contributed by atoms with Gasteiger partial charge in [0.25, 0.3) is 0 Å². The molecule has 0 spiro atoms. The molecule has 0 aromatic heterocycles. The summed E-state index contributed by atoms with van der Waals surface area (Å²) in [6, 6.07) is 3.20. The molecule has 2 atom stereocenters. The molecule has 0 amide bonds. The summed E-state index contributed by atoms with van der Waals surface area (Å²) >= 11 is 2.15. The van der Waals surface area contributed by atoms with Crippen molar-refractivity contribution in [3.63, 3.8) is 0 Å². The van der Waals surface area contributed by atoms with Crippen LogP contribution in [0.3, 0.4) is 0 Å². The van der Waals surface area contributed by atoms with Crippen LogP contribution in [0.5, 0.6) is 0 Å². The molecular formula is C14H27IO4Si. The average molecular weight is 414 g/mol. The summed E-state index contributed by atoms with van der Waals surface area (Å²) in [5.74, 6) is -0.389. The summed E-state index contributed by atoms with van der Waals surface area (Å²) in [4.78, 5) is 11.2. The smallest absolute Gasteiger partial charge is 0.308 e. The monoisotopic (exact) mass is 414 g/mol.